The minimum absolute atomic E-state index is 0.0418. The zero-order valence-corrected chi connectivity index (χ0v) is 37.4. The topological polar surface area (TPSA) is 349 Å². The highest BCUT2D eigenvalue weighted by molar-refractivity contribution is 8.76. The maximum atomic E-state index is 14.2. The Kier molecular flexibility index (Phi) is 21.5. The van der Waals surface area contributed by atoms with Crippen molar-refractivity contribution in [2.24, 2.45) is 11.7 Å². The summed E-state index contributed by atoms with van der Waals surface area (Å²) < 4.78 is 0. The third-order valence-corrected chi connectivity index (χ3v) is 12.8. The van der Waals surface area contributed by atoms with Gasteiger partial charge in [0.25, 0.3) is 0 Å². The van der Waals surface area contributed by atoms with Crippen molar-refractivity contribution in [3.05, 3.63) is 35.9 Å². The Hall–Kier alpha value is -5.56. The third kappa shape index (κ3) is 18.4. The van der Waals surface area contributed by atoms with Crippen molar-refractivity contribution in [3.63, 3.8) is 0 Å². The van der Waals surface area contributed by atoms with Crippen LogP contribution < -0.4 is 53.6 Å². The summed E-state index contributed by atoms with van der Waals surface area (Å²) in [6, 6.07) is -0.899. The van der Waals surface area contributed by atoms with Gasteiger partial charge in [0, 0.05) is 36.1 Å². The van der Waals surface area contributed by atoms with E-state index >= 15 is 0 Å². The van der Waals surface area contributed by atoms with E-state index in [0.717, 1.165) is 33.3 Å². The van der Waals surface area contributed by atoms with Crippen molar-refractivity contribution in [2.45, 2.75) is 88.7 Å². The fraction of sp³-hybridized carbons (Fsp3) is 0.553. The summed E-state index contributed by atoms with van der Waals surface area (Å²) in [4.78, 5) is 134. The molecule has 13 N–H and O–H groups in total. The lowest BCUT2D eigenvalue weighted by Gasteiger charge is -2.27. The Morgan fingerprint density at radius 1 is 0.762 bits per heavy atom. The van der Waals surface area contributed by atoms with Crippen LogP contribution in [0.1, 0.15) is 45.6 Å². The summed E-state index contributed by atoms with van der Waals surface area (Å²) in [7, 11) is 1.94. The van der Waals surface area contributed by atoms with Crippen molar-refractivity contribution in [1.29, 1.82) is 5.41 Å². The van der Waals surface area contributed by atoms with Gasteiger partial charge in [-0.1, -0.05) is 65.8 Å². The molecule has 1 aromatic carbocycles. The molecule has 1 aromatic rings. The van der Waals surface area contributed by atoms with Crippen molar-refractivity contribution >= 4 is 98.3 Å². The van der Waals surface area contributed by atoms with Crippen LogP contribution in [0.3, 0.4) is 0 Å². The molecule has 0 aromatic heterocycles. The molecular weight excluding hydrogens is 883 g/mol. The molecule has 0 aliphatic carbocycles. The predicted octanol–water partition coefficient (Wildman–Crippen LogP) is -3.14. The first-order valence-electron chi connectivity index (χ1n) is 19.9. The van der Waals surface area contributed by atoms with Crippen molar-refractivity contribution in [1.82, 2.24) is 47.9 Å². The first-order chi connectivity index (χ1) is 29.8. The van der Waals surface area contributed by atoms with Crippen LogP contribution in [0, 0.1) is 11.3 Å². The van der Waals surface area contributed by atoms with Gasteiger partial charge in [-0.3, -0.25) is 53.4 Å². The summed E-state index contributed by atoms with van der Waals surface area (Å²) in [5.74, 6) is -10.2. The van der Waals surface area contributed by atoms with Crippen LogP contribution in [0.15, 0.2) is 30.3 Å². The highest BCUT2D eigenvalue weighted by atomic mass is 33.1. The van der Waals surface area contributed by atoms with Crippen LogP contribution in [0.4, 0.5) is 0 Å². The number of carbonyl (C=O) groups is 10. The molecule has 7 atom stereocenters. The maximum absolute atomic E-state index is 14.2. The lowest BCUT2D eigenvalue weighted by molar-refractivity contribution is -0.141. The Bertz CT molecular complexity index is 1860. The lowest BCUT2D eigenvalue weighted by Crippen LogP contribution is -2.59. The van der Waals surface area contributed by atoms with E-state index in [0.29, 0.717) is 5.56 Å². The van der Waals surface area contributed by atoms with Gasteiger partial charge in [-0.05, 0) is 25.3 Å². The molecule has 0 spiro atoms. The van der Waals surface area contributed by atoms with Crippen molar-refractivity contribution in [2.75, 3.05) is 36.1 Å². The number of nitrogens with two attached hydrogens (primary N) is 1. The van der Waals surface area contributed by atoms with Gasteiger partial charge in [0.2, 0.25) is 47.3 Å². The number of hydrogen-bond donors (Lipinski definition) is 12. The molecule has 8 amide bonds. The minimum Gasteiger partial charge on any atom is -0.481 e. The van der Waals surface area contributed by atoms with E-state index in [1.807, 2.05) is 0 Å². The zero-order valence-electron chi connectivity index (χ0n) is 34.9. The number of fused-ring (bicyclic) bond motifs is 5. The second-order valence-electron chi connectivity index (χ2n) is 14.8. The fourth-order valence-corrected chi connectivity index (χ4v) is 9.17. The number of guanidine groups is 1. The van der Waals surface area contributed by atoms with Gasteiger partial charge in [0.05, 0.1) is 24.8 Å². The number of carboxylic acids is 1. The summed E-state index contributed by atoms with van der Waals surface area (Å²) in [6.07, 6.45) is -0.839. The number of rotatable bonds is 10. The number of amides is 8. The molecule has 0 saturated carbocycles. The molecule has 346 valence electrons. The van der Waals surface area contributed by atoms with E-state index in [9.17, 15) is 53.1 Å². The third-order valence-electron chi connectivity index (χ3n) is 9.32. The minimum atomic E-state index is -1.74. The van der Waals surface area contributed by atoms with Crippen LogP contribution in [0.25, 0.3) is 0 Å². The summed E-state index contributed by atoms with van der Waals surface area (Å²) in [5.41, 5.74) is 5.98. The first-order valence-corrected chi connectivity index (χ1v) is 23.6. The Morgan fingerprint density at radius 3 is 1.97 bits per heavy atom. The van der Waals surface area contributed by atoms with Gasteiger partial charge in [0.15, 0.2) is 11.7 Å². The Balaban J connectivity index is 2.10. The molecule has 25 heteroatoms. The molecule has 2 aliphatic rings. The second kappa shape index (κ2) is 26.2. The summed E-state index contributed by atoms with van der Waals surface area (Å²) in [6.45, 7) is 4.01. The average molecular weight is 938 g/mol. The van der Waals surface area contributed by atoms with E-state index < -0.39 is 114 Å². The standard InChI is InChI=1S/C38H55N11O11S3/c1-19(2)31(54)25-15-61-18-29(51)43-20(3)32(55)48-26-16-62-63-17-27(37(60)46-23(34(57)47-25)12-21-8-5-4-6-9-21)49-35(58)24(13-30(52)53)44-28(50)14-42-33(56)22(45-36(26)59)10-7-11-41-38(39)40/h4-6,8-9,19-20,22-27H,7,10-18H2,1-3H3,(H,42,56)(H,43,51)(H,44,50)(H,45,59)(H,46,60)(H,47,57)(H,48,55)(H,49,58)(H,52,53)(H4,39,40,41)/t20-,22-,23-,24-,25-,26-,27-/m0/s1. The van der Waals surface area contributed by atoms with Gasteiger partial charge in [-0.25, -0.2) is 0 Å². The first kappa shape index (κ1) is 51.8. The number of carbonyl (C=O) groups excluding carboxylic acids is 9. The lowest BCUT2D eigenvalue weighted by atomic mass is 10.0. The van der Waals surface area contributed by atoms with Gasteiger partial charge in [-0.2, -0.15) is 0 Å². The maximum Gasteiger partial charge on any atom is 0.305 e. The highest BCUT2D eigenvalue weighted by Gasteiger charge is 2.35. The quantitative estimate of drug-likeness (QED) is 0.0478. The van der Waals surface area contributed by atoms with Crippen molar-refractivity contribution in [3.8, 4) is 0 Å². The van der Waals surface area contributed by atoms with E-state index in [2.05, 4.69) is 47.9 Å². The van der Waals surface area contributed by atoms with E-state index in [4.69, 9.17) is 11.1 Å². The SMILES string of the molecule is CC(C)C(=O)[C@@H]1CSCC(=O)N[C@@H](C)C(=O)N[C@H]2CSSC[C@H](NC(=O)[C@H](CC(=O)O)NC(=O)CNC(=O)[C@H](CCCNC(=N)N)NC2=O)C(=O)N[C@@H](Cc2ccccc2)C(=O)N1. The number of benzene rings is 1. The number of ketones is 1. The molecular formula is C38H55N11O11S3. The number of hydrogen-bond acceptors (Lipinski definition) is 14. The molecule has 2 bridgehead atoms. The Labute approximate surface area is 375 Å². The predicted molar refractivity (Wildman–Crippen MR) is 236 cm³/mol. The fourth-order valence-electron chi connectivity index (χ4n) is 5.98. The zero-order chi connectivity index (χ0) is 46.6. The van der Waals surface area contributed by atoms with Gasteiger partial charge in [-0.15, -0.1) is 11.8 Å². The smallest absolute Gasteiger partial charge is 0.305 e. The molecule has 2 aliphatic heterocycles. The average Bonchev–Trinajstić information content (AvgIpc) is 3.22. The highest BCUT2D eigenvalue weighted by Crippen LogP contribution is 2.24. The molecule has 0 unspecified atom stereocenters. The van der Waals surface area contributed by atoms with Gasteiger partial charge in [0.1, 0.15) is 36.3 Å². The Morgan fingerprint density at radius 2 is 1.37 bits per heavy atom. The van der Waals surface area contributed by atoms with Gasteiger partial charge >= 0.3 is 5.97 Å². The number of aliphatic carboxylic acids is 1. The molecule has 2 fully saturated rings. The monoisotopic (exact) mass is 937 g/mol. The van der Waals surface area contributed by atoms with Crippen LogP contribution in [0.2, 0.25) is 0 Å². The second-order valence-corrected chi connectivity index (χ2v) is 18.4. The summed E-state index contributed by atoms with van der Waals surface area (Å²) in [5, 5.41) is 39.8. The van der Waals surface area contributed by atoms with E-state index in [1.54, 1.807) is 44.2 Å². The van der Waals surface area contributed by atoms with Crippen LogP contribution in [-0.4, -0.2) is 148 Å². The van der Waals surface area contributed by atoms with Crippen LogP contribution >= 0.6 is 33.3 Å². The molecule has 3 rings (SSSR count). The molecule has 0 radical (unpaired) electrons. The van der Waals surface area contributed by atoms with Crippen molar-refractivity contribution < 1.29 is 53.1 Å². The van der Waals surface area contributed by atoms with Crippen LogP contribution in [-0.2, 0) is 54.4 Å². The number of Topliss-reactive ketones (excluding diaryl/α,β-unsaturated/α-hetero) is 1. The van der Waals surface area contributed by atoms with Crippen LogP contribution in [0.5, 0.6) is 0 Å². The van der Waals surface area contributed by atoms with Gasteiger partial charge < -0.3 is 58.7 Å². The summed E-state index contributed by atoms with van der Waals surface area (Å²) >= 11 is 1.01. The molecule has 2 heterocycles. The number of thioether (sulfide) groups is 1. The largest absolute Gasteiger partial charge is 0.481 e. The molecule has 2 saturated heterocycles. The number of carboxylic acid groups (broad SMARTS) is 1. The molecule has 22 nitrogen and oxygen atoms in total. The normalized spacial score (nSPS) is 25.5. The molecule has 63 heavy (non-hydrogen) atoms. The van der Waals surface area contributed by atoms with E-state index in [1.165, 1.54) is 6.92 Å². The van der Waals surface area contributed by atoms with E-state index in [-0.39, 0.29) is 60.6 Å². The number of nitrogens with one attached hydrogen (secondary N) is 10.